The van der Waals surface area contributed by atoms with Crippen molar-refractivity contribution in [1.29, 1.82) is 0 Å². The summed E-state index contributed by atoms with van der Waals surface area (Å²) in [5.74, 6) is -0.317. The number of halogens is 4. The van der Waals surface area contributed by atoms with E-state index < -0.39 is 23.7 Å². The average Bonchev–Trinajstić information content (AvgIpc) is 3.29. The molecule has 4 heterocycles. The predicted molar refractivity (Wildman–Crippen MR) is 262 cm³/mol. The highest BCUT2D eigenvalue weighted by Crippen LogP contribution is 2.35. The number of amides is 4. The van der Waals surface area contributed by atoms with Gasteiger partial charge in [0.05, 0.1) is 22.4 Å². The lowest BCUT2D eigenvalue weighted by molar-refractivity contribution is 0.261. The molecule has 4 aromatic carbocycles. The summed E-state index contributed by atoms with van der Waals surface area (Å²) in [6.45, 7) is 4.59. The number of aromatic nitrogens is 4. The summed E-state index contributed by atoms with van der Waals surface area (Å²) >= 11 is 6.71. The molecular weight excluding hydrogens is 966 g/mol. The van der Waals surface area contributed by atoms with Crippen molar-refractivity contribution in [3.63, 3.8) is 0 Å². The molecule has 0 aliphatic rings. The molecule has 14 nitrogen and oxygen atoms in total. The quantitative estimate of drug-likeness (QED) is 0.0823. The Morgan fingerprint density at radius 1 is 0.600 bits per heavy atom. The summed E-state index contributed by atoms with van der Waals surface area (Å²) < 4.78 is 33.3. The molecular formula is C47H40Br2F2N10O4. The van der Waals surface area contributed by atoms with Crippen LogP contribution in [0, 0.1) is 11.6 Å². The van der Waals surface area contributed by atoms with Crippen LogP contribution in [-0.4, -0.2) is 38.2 Å². The molecule has 0 unspecified atom stereocenters. The maximum absolute atomic E-state index is 14.7. The lowest BCUT2D eigenvalue weighted by Gasteiger charge is -2.15. The molecule has 8 aromatic rings. The highest BCUT2D eigenvalue weighted by Gasteiger charge is 2.20. The molecule has 4 amide bonds. The molecule has 0 saturated heterocycles. The van der Waals surface area contributed by atoms with Crippen molar-refractivity contribution in [2.45, 2.75) is 26.9 Å². The molecule has 0 radical (unpaired) electrons. The number of hydrogen-bond acceptors (Lipinski definition) is 8. The summed E-state index contributed by atoms with van der Waals surface area (Å²) in [6, 6.07) is 28.6. The van der Waals surface area contributed by atoms with Crippen LogP contribution in [-0.2, 0) is 13.1 Å². The standard InChI is InChI=1S/C24H21BrFN5O2.C23H19BrFN5O2/c1-3-31-21-12-22(27-2)28-13-14(21)9-17(23(31)32)16-10-20(19(26)11-18(16)25)30-24(33)29-15-7-5-4-6-8-15;1-2-30-20-11-21(26)27-12-13(20)8-16(22(30)31)15-9-19(18(25)10-17(15)24)29-23(32)28-14-6-4-3-5-7-14/h4-13H,3H2,1-2H3,(H,27,28)(H2,29,30,33);3-12H,2H2,1H3,(H2,26,27)(H2,28,29,32). The fraction of sp³-hybridized carbons (Fsp3) is 0.106. The minimum atomic E-state index is -0.644. The maximum atomic E-state index is 14.7. The van der Waals surface area contributed by atoms with E-state index in [1.54, 1.807) is 95.3 Å². The molecule has 65 heavy (non-hydrogen) atoms. The van der Waals surface area contributed by atoms with E-state index in [4.69, 9.17) is 5.73 Å². The van der Waals surface area contributed by atoms with Crippen LogP contribution in [0.4, 0.5) is 52.8 Å². The lowest BCUT2D eigenvalue weighted by atomic mass is 10.0. The van der Waals surface area contributed by atoms with Crippen LogP contribution in [0.25, 0.3) is 44.1 Å². The second kappa shape index (κ2) is 19.9. The smallest absolute Gasteiger partial charge is 0.323 e. The van der Waals surface area contributed by atoms with Crippen LogP contribution in [0.2, 0.25) is 0 Å². The Balaban J connectivity index is 0.000000194. The number of pyridine rings is 4. The Morgan fingerprint density at radius 3 is 1.46 bits per heavy atom. The third-order valence-electron chi connectivity index (χ3n) is 10.1. The first-order valence-corrected chi connectivity index (χ1v) is 21.6. The van der Waals surface area contributed by atoms with Gasteiger partial charge in [-0.25, -0.2) is 28.3 Å². The van der Waals surface area contributed by atoms with Gasteiger partial charge in [0.15, 0.2) is 0 Å². The molecule has 0 fully saturated rings. The van der Waals surface area contributed by atoms with Crippen LogP contribution >= 0.6 is 31.9 Å². The molecule has 4 aromatic heterocycles. The van der Waals surface area contributed by atoms with Crippen LogP contribution in [0.1, 0.15) is 13.8 Å². The summed E-state index contributed by atoms with van der Waals surface area (Å²) in [5, 5.41) is 14.8. The topological polar surface area (TPSA) is 190 Å². The van der Waals surface area contributed by atoms with Gasteiger partial charge in [0.2, 0.25) is 0 Å². The Bertz CT molecular complexity index is 3230. The second-order valence-corrected chi connectivity index (χ2v) is 16.0. The van der Waals surface area contributed by atoms with Crippen molar-refractivity contribution in [3.8, 4) is 22.3 Å². The number of anilines is 6. The summed E-state index contributed by atoms with van der Waals surface area (Å²) in [4.78, 5) is 59.7. The van der Waals surface area contributed by atoms with Gasteiger partial charge >= 0.3 is 12.1 Å². The lowest BCUT2D eigenvalue weighted by Crippen LogP contribution is -2.22. The van der Waals surface area contributed by atoms with Crippen LogP contribution in [0.15, 0.2) is 140 Å². The molecule has 8 rings (SSSR count). The Hall–Kier alpha value is -7.44. The summed E-state index contributed by atoms with van der Waals surface area (Å²) in [7, 11) is 1.76. The number of nitrogens with two attached hydrogens (primary N) is 1. The van der Waals surface area contributed by atoms with Gasteiger partial charge < -0.3 is 41.5 Å². The van der Waals surface area contributed by atoms with E-state index in [-0.39, 0.29) is 22.5 Å². The van der Waals surface area contributed by atoms with E-state index >= 15 is 0 Å². The van der Waals surface area contributed by atoms with Crippen molar-refractivity contribution < 1.29 is 18.4 Å². The zero-order chi connectivity index (χ0) is 46.4. The van der Waals surface area contributed by atoms with Crippen molar-refractivity contribution in [3.05, 3.63) is 163 Å². The SMILES string of the molecule is CCn1c(=O)c(-c2cc(NC(=O)Nc3ccccc3)c(F)cc2Br)cc2cnc(N)cc21.CCn1c(=O)c(-c2cc(NC(=O)Nc3ccccc3)c(F)cc2Br)cc2cnc(NC)cc21. The van der Waals surface area contributed by atoms with Gasteiger partial charge in [-0.1, -0.05) is 68.3 Å². The first kappa shape index (κ1) is 45.6. The number of hydrogen-bond donors (Lipinski definition) is 6. The normalized spacial score (nSPS) is 10.8. The molecule has 7 N–H and O–H groups in total. The van der Waals surface area contributed by atoms with Crippen molar-refractivity contribution in [1.82, 2.24) is 19.1 Å². The van der Waals surface area contributed by atoms with Crippen LogP contribution in [0.3, 0.4) is 0 Å². The molecule has 0 spiro atoms. The number of nitrogens with one attached hydrogen (secondary N) is 5. The maximum Gasteiger partial charge on any atom is 0.323 e. The van der Waals surface area contributed by atoms with Gasteiger partial charge in [0, 0.05) is 98.0 Å². The molecule has 0 aliphatic heterocycles. The molecule has 0 bridgehead atoms. The van der Waals surface area contributed by atoms with E-state index in [0.717, 1.165) is 10.9 Å². The molecule has 330 valence electrons. The monoisotopic (exact) mass is 1000 g/mol. The summed E-state index contributed by atoms with van der Waals surface area (Å²) in [6.07, 6.45) is 3.27. The minimum absolute atomic E-state index is 0.0483. The van der Waals surface area contributed by atoms with Crippen LogP contribution in [0.5, 0.6) is 0 Å². The third kappa shape index (κ3) is 10.2. The van der Waals surface area contributed by atoms with Gasteiger partial charge in [-0.3, -0.25) is 9.59 Å². The van der Waals surface area contributed by atoms with Crippen molar-refractivity contribution in [2.75, 3.05) is 39.4 Å². The van der Waals surface area contributed by atoms with Gasteiger partial charge in [-0.05, 0) is 74.5 Å². The van der Waals surface area contributed by atoms with Crippen molar-refractivity contribution in [2.24, 2.45) is 0 Å². The second-order valence-electron chi connectivity index (χ2n) is 14.3. The molecule has 0 aliphatic carbocycles. The Labute approximate surface area is 387 Å². The number of urea groups is 2. The zero-order valence-electron chi connectivity index (χ0n) is 35.0. The highest BCUT2D eigenvalue weighted by molar-refractivity contribution is 9.11. The number of carbonyl (C=O) groups excluding carboxylic acids is 2. The van der Waals surface area contributed by atoms with Crippen molar-refractivity contribution >= 4 is 100 Å². The average molecular weight is 1010 g/mol. The predicted octanol–water partition coefficient (Wildman–Crippen LogP) is 10.9. The Morgan fingerprint density at radius 2 is 1.03 bits per heavy atom. The van der Waals surface area contributed by atoms with Gasteiger partial charge in [0.25, 0.3) is 11.1 Å². The van der Waals surface area contributed by atoms with E-state index in [1.165, 1.54) is 24.3 Å². The number of rotatable bonds is 9. The zero-order valence-corrected chi connectivity index (χ0v) is 38.1. The number of aryl methyl sites for hydroxylation is 2. The largest absolute Gasteiger partial charge is 0.384 e. The number of carbonyl (C=O) groups is 2. The van der Waals surface area contributed by atoms with E-state index in [9.17, 15) is 28.0 Å². The van der Waals surface area contributed by atoms with Crippen LogP contribution < -0.4 is 43.4 Å². The number of nitrogen functional groups attached to an aromatic ring is 1. The molecule has 18 heteroatoms. The highest BCUT2D eigenvalue weighted by atomic mass is 79.9. The first-order valence-electron chi connectivity index (χ1n) is 20.0. The minimum Gasteiger partial charge on any atom is -0.384 e. The van der Waals surface area contributed by atoms with Gasteiger partial charge in [0.1, 0.15) is 23.3 Å². The van der Waals surface area contributed by atoms with E-state index in [0.29, 0.717) is 78.2 Å². The first-order chi connectivity index (χ1) is 31.3. The summed E-state index contributed by atoms with van der Waals surface area (Å²) in [5.41, 5.74) is 9.31. The number of nitrogens with zero attached hydrogens (tertiary/aromatic N) is 4. The fourth-order valence-corrected chi connectivity index (χ4v) is 8.08. The fourth-order valence-electron chi connectivity index (χ4n) is 7.03. The Kier molecular flexibility index (Phi) is 14.0. The van der Waals surface area contributed by atoms with E-state index in [1.807, 2.05) is 32.0 Å². The number of fused-ring (bicyclic) bond motifs is 2. The number of benzene rings is 4. The molecule has 0 saturated carbocycles. The third-order valence-corrected chi connectivity index (χ3v) is 11.4. The number of para-hydroxylation sites is 2. The van der Waals surface area contributed by atoms with E-state index in [2.05, 4.69) is 68.4 Å². The van der Waals surface area contributed by atoms with Gasteiger partial charge in [-0.2, -0.15) is 0 Å². The molecule has 0 atom stereocenters. The van der Waals surface area contributed by atoms with Gasteiger partial charge in [-0.15, -0.1) is 0 Å².